The smallest absolute Gasteiger partial charge is 0.416 e. The summed E-state index contributed by atoms with van der Waals surface area (Å²) in [5.74, 6) is -0.193. The minimum atomic E-state index is -4.53. The van der Waals surface area contributed by atoms with Crippen LogP contribution >= 0.6 is 0 Å². The number of amides is 1. The molecular formula is C22H19F3N2O4S. The molecule has 2 N–H and O–H groups in total. The van der Waals surface area contributed by atoms with E-state index in [1.54, 1.807) is 37.3 Å². The summed E-state index contributed by atoms with van der Waals surface area (Å²) in [6.07, 6.45) is -4.53. The van der Waals surface area contributed by atoms with Gasteiger partial charge in [0, 0.05) is 11.3 Å². The molecule has 0 fully saturated rings. The third-order valence-corrected chi connectivity index (χ3v) is 5.69. The highest BCUT2D eigenvalue weighted by molar-refractivity contribution is 7.92. The quantitative estimate of drug-likeness (QED) is 0.506. The average Bonchev–Trinajstić information content (AvgIpc) is 2.75. The second-order valence-electron chi connectivity index (χ2n) is 6.59. The van der Waals surface area contributed by atoms with Crippen molar-refractivity contribution in [2.45, 2.75) is 18.0 Å². The first kappa shape index (κ1) is 23.1. The van der Waals surface area contributed by atoms with Crippen LogP contribution < -0.4 is 14.8 Å². The van der Waals surface area contributed by atoms with Gasteiger partial charge in [-0.15, -0.1) is 0 Å². The molecule has 3 aromatic carbocycles. The van der Waals surface area contributed by atoms with Gasteiger partial charge in [-0.1, -0.05) is 18.2 Å². The fourth-order valence-electron chi connectivity index (χ4n) is 2.78. The fraction of sp³-hybridized carbons (Fsp3) is 0.136. The lowest BCUT2D eigenvalue weighted by molar-refractivity contribution is -0.137. The van der Waals surface area contributed by atoms with E-state index in [0.717, 1.165) is 24.3 Å². The maximum Gasteiger partial charge on any atom is 0.416 e. The molecule has 168 valence electrons. The van der Waals surface area contributed by atoms with Crippen molar-refractivity contribution in [1.82, 2.24) is 0 Å². The summed E-state index contributed by atoms with van der Waals surface area (Å²) in [5, 5.41) is 2.63. The lowest BCUT2D eigenvalue weighted by Crippen LogP contribution is -2.16. The Morgan fingerprint density at radius 2 is 1.62 bits per heavy atom. The van der Waals surface area contributed by atoms with Gasteiger partial charge in [-0.3, -0.25) is 9.52 Å². The van der Waals surface area contributed by atoms with Gasteiger partial charge in [-0.05, 0) is 61.5 Å². The van der Waals surface area contributed by atoms with E-state index in [9.17, 15) is 26.4 Å². The van der Waals surface area contributed by atoms with Gasteiger partial charge in [0.2, 0.25) is 0 Å². The summed E-state index contributed by atoms with van der Waals surface area (Å²) in [7, 11) is -4.15. The van der Waals surface area contributed by atoms with E-state index < -0.39 is 27.7 Å². The summed E-state index contributed by atoms with van der Waals surface area (Å²) < 4.78 is 71.4. The summed E-state index contributed by atoms with van der Waals surface area (Å²) in [5.41, 5.74) is -0.434. The number of rotatable bonds is 7. The highest BCUT2D eigenvalue weighted by Crippen LogP contribution is 2.31. The number of nitrogens with one attached hydrogen (secondary N) is 2. The molecule has 0 radical (unpaired) electrons. The van der Waals surface area contributed by atoms with Crippen LogP contribution in [0.5, 0.6) is 5.75 Å². The summed E-state index contributed by atoms with van der Waals surface area (Å²) in [4.78, 5) is 12.3. The molecule has 0 saturated carbocycles. The molecule has 0 aromatic heterocycles. The minimum absolute atomic E-state index is 0.0400. The van der Waals surface area contributed by atoms with E-state index in [-0.39, 0.29) is 28.6 Å². The SMILES string of the molecule is CCOc1ccc(S(=O)(=O)Nc2ccc(C(F)(F)F)cc2)cc1NC(=O)c1ccccc1. The first-order valence-electron chi connectivity index (χ1n) is 9.43. The van der Waals surface area contributed by atoms with Crippen molar-refractivity contribution in [2.75, 3.05) is 16.6 Å². The van der Waals surface area contributed by atoms with E-state index in [0.29, 0.717) is 5.56 Å². The van der Waals surface area contributed by atoms with Crippen molar-refractivity contribution < 1.29 is 31.1 Å². The van der Waals surface area contributed by atoms with Gasteiger partial charge < -0.3 is 10.1 Å². The highest BCUT2D eigenvalue weighted by Gasteiger charge is 2.30. The Kier molecular flexibility index (Phi) is 6.73. The molecule has 3 rings (SSSR count). The lowest BCUT2D eigenvalue weighted by atomic mass is 10.2. The molecule has 10 heteroatoms. The summed E-state index contributed by atoms with van der Waals surface area (Å²) in [6.45, 7) is 2.02. The molecule has 0 aliphatic carbocycles. The van der Waals surface area contributed by atoms with E-state index in [1.807, 2.05) is 0 Å². The number of sulfonamides is 1. The van der Waals surface area contributed by atoms with Crippen LogP contribution in [0.4, 0.5) is 24.5 Å². The molecule has 32 heavy (non-hydrogen) atoms. The summed E-state index contributed by atoms with van der Waals surface area (Å²) in [6, 6.07) is 15.8. The first-order valence-corrected chi connectivity index (χ1v) is 10.9. The highest BCUT2D eigenvalue weighted by atomic mass is 32.2. The Labute approximate surface area is 183 Å². The molecule has 0 aliphatic heterocycles. The van der Waals surface area contributed by atoms with Crippen molar-refractivity contribution in [2.24, 2.45) is 0 Å². The van der Waals surface area contributed by atoms with Crippen LogP contribution in [0.15, 0.2) is 77.7 Å². The third kappa shape index (κ3) is 5.58. The number of hydrogen-bond donors (Lipinski definition) is 2. The molecule has 0 aliphatic rings. The molecule has 0 atom stereocenters. The van der Waals surface area contributed by atoms with E-state index in [1.165, 1.54) is 18.2 Å². The zero-order chi connectivity index (χ0) is 23.4. The maximum absolute atomic E-state index is 12.8. The average molecular weight is 464 g/mol. The molecule has 0 bridgehead atoms. The first-order chi connectivity index (χ1) is 15.1. The molecule has 0 saturated heterocycles. The Morgan fingerprint density at radius 1 is 0.969 bits per heavy atom. The summed E-state index contributed by atoms with van der Waals surface area (Å²) >= 11 is 0. The van der Waals surface area contributed by atoms with Crippen molar-refractivity contribution in [3.05, 3.63) is 83.9 Å². The Balaban J connectivity index is 1.88. The number of halogens is 3. The van der Waals surface area contributed by atoms with Crippen LogP contribution in [-0.2, 0) is 16.2 Å². The Bertz CT molecular complexity index is 1200. The predicted molar refractivity (Wildman–Crippen MR) is 114 cm³/mol. The van der Waals surface area contributed by atoms with Gasteiger partial charge in [0.1, 0.15) is 5.75 Å². The van der Waals surface area contributed by atoms with Crippen molar-refractivity contribution >= 4 is 27.3 Å². The zero-order valence-electron chi connectivity index (χ0n) is 16.8. The second kappa shape index (κ2) is 9.31. The number of carbonyl (C=O) groups is 1. The largest absolute Gasteiger partial charge is 0.492 e. The van der Waals surface area contributed by atoms with Crippen LogP contribution in [0.3, 0.4) is 0 Å². The molecular weight excluding hydrogens is 445 g/mol. The number of anilines is 2. The molecule has 0 heterocycles. The van der Waals surface area contributed by atoms with Gasteiger partial charge in [0.25, 0.3) is 15.9 Å². The van der Waals surface area contributed by atoms with Crippen LogP contribution in [0.2, 0.25) is 0 Å². The normalized spacial score (nSPS) is 11.6. The topological polar surface area (TPSA) is 84.5 Å². The maximum atomic E-state index is 12.8. The second-order valence-corrected chi connectivity index (χ2v) is 8.27. The Hall–Kier alpha value is -3.53. The van der Waals surface area contributed by atoms with Gasteiger partial charge in [0.15, 0.2) is 0 Å². The van der Waals surface area contributed by atoms with Gasteiger partial charge in [-0.2, -0.15) is 13.2 Å². The van der Waals surface area contributed by atoms with Gasteiger partial charge >= 0.3 is 6.18 Å². The van der Waals surface area contributed by atoms with Gasteiger partial charge in [-0.25, -0.2) is 8.42 Å². The molecule has 0 spiro atoms. The molecule has 6 nitrogen and oxygen atoms in total. The van der Waals surface area contributed by atoms with Crippen LogP contribution in [0.1, 0.15) is 22.8 Å². The number of benzene rings is 3. The third-order valence-electron chi connectivity index (χ3n) is 4.31. The van der Waals surface area contributed by atoms with Crippen LogP contribution in [0.25, 0.3) is 0 Å². The molecule has 3 aromatic rings. The number of carbonyl (C=O) groups excluding carboxylic acids is 1. The Morgan fingerprint density at radius 3 is 2.22 bits per heavy atom. The van der Waals surface area contributed by atoms with Crippen molar-refractivity contribution in [3.8, 4) is 5.75 Å². The zero-order valence-corrected chi connectivity index (χ0v) is 17.6. The lowest BCUT2D eigenvalue weighted by Gasteiger charge is -2.15. The number of hydrogen-bond acceptors (Lipinski definition) is 4. The standard InChI is InChI=1S/C22H19F3N2O4S/c1-2-31-20-13-12-18(14-19(20)26-21(28)15-6-4-3-5-7-15)32(29,30)27-17-10-8-16(9-11-17)22(23,24)25/h3-14,27H,2H2,1H3,(H,26,28). The van der Waals surface area contributed by atoms with Crippen molar-refractivity contribution in [3.63, 3.8) is 0 Å². The fourth-order valence-corrected chi connectivity index (χ4v) is 3.87. The predicted octanol–water partition coefficient (Wildman–Crippen LogP) is 5.16. The molecule has 1 amide bonds. The minimum Gasteiger partial charge on any atom is -0.492 e. The van der Waals surface area contributed by atoms with E-state index in [2.05, 4.69) is 10.0 Å². The van der Waals surface area contributed by atoms with Crippen LogP contribution in [0, 0.1) is 0 Å². The molecule has 0 unspecified atom stereocenters. The van der Waals surface area contributed by atoms with Gasteiger partial charge in [0.05, 0.1) is 22.8 Å². The number of ether oxygens (including phenoxy) is 1. The number of alkyl halides is 3. The monoisotopic (exact) mass is 464 g/mol. The van der Waals surface area contributed by atoms with Crippen LogP contribution in [-0.4, -0.2) is 20.9 Å². The van der Waals surface area contributed by atoms with E-state index in [4.69, 9.17) is 4.74 Å². The van der Waals surface area contributed by atoms with E-state index >= 15 is 0 Å². The van der Waals surface area contributed by atoms with Crippen molar-refractivity contribution in [1.29, 1.82) is 0 Å².